The Hall–Kier alpha value is -2.33. The van der Waals surface area contributed by atoms with Crippen LogP contribution in [0.4, 0.5) is 5.69 Å². The van der Waals surface area contributed by atoms with Crippen LogP contribution in [0.3, 0.4) is 0 Å². The fourth-order valence-corrected chi connectivity index (χ4v) is 7.49. The van der Waals surface area contributed by atoms with E-state index in [1.165, 1.54) is 31.4 Å². The second-order valence-electron chi connectivity index (χ2n) is 12.3. The van der Waals surface area contributed by atoms with E-state index in [1.54, 1.807) is 0 Å². The van der Waals surface area contributed by atoms with Crippen molar-refractivity contribution >= 4 is 40.1 Å². The lowest BCUT2D eigenvalue weighted by atomic mass is 9.81. The van der Waals surface area contributed by atoms with Gasteiger partial charge in [0, 0.05) is 47.5 Å². The van der Waals surface area contributed by atoms with Gasteiger partial charge in [-0.2, -0.15) is 11.0 Å². The summed E-state index contributed by atoms with van der Waals surface area (Å²) in [6.07, 6.45) is 5.21. The van der Waals surface area contributed by atoms with Gasteiger partial charge < -0.3 is 26.8 Å². The van der Waals surface area contributed by atoms with Crippen LogP contribution in [0.1, 0.15) is 66.8 Å². The van der Waals surface area contributed by atoms with E-state index < -0.39 is 0 Å². The zero-order chi connectivity index (χ0) is 31.6. The van der Waals surface area contributed by atoms with Crippen LogP contribution < -0.4 is 27.3 Å². The Kier molecular flexibility index (Phi) is 13.2. The first-order valence-electron chi connectivity index (χ1n) is 15.6. The van der Waals surface area contributed by atoms with Crippen LogP contribution in [0.15, 0.2) is 30.3 Å². The molecule has 0 bridgehead atoms. The van der Waals surface area contributed by atoms with Crippen LogP contribution in [-0.2, 0) is 35.5 Å². The first-order valence-corrected chi connectivity index (χ1v) is 16.7. The molecule has 2 aliphatic heterocycles. The number of nitrogen functional groups attached to an aromatic ring is 1. The van der Waals surface area contributed by atoms with Gasteiger partial charge in [0.05, 0.1) is 13.1 Å². The number of anilines is 1. The molecule has 0 fully saturated rings. The van der Waals surface area contributed by atoms with Crippen LogP contribution in [0, 0.1) is 3.57 Å². The Balaban J connectivity index is 1.61. The van der Waals surface area contributed by atoms with Crippen molar-refractivity contribution in [1.29, 1.82) is 0 Å². The van der Waals surface area contributed by atoms with Crippen LogP contribution in [0.2, 0.25) is 0 Å². The SMILES string of the molecule is C[C@@H](CN1CCC(c2ccc(I)c3c2CN(C[C@H](C)NC(=O)CNO)CCCC3)Cc2ccc(N)cc2C1)NC(=O)CNO. The van der Waals surface area contributed by atoms with E-state index in [0.717, 1.165) is 70.5 Å². The molecule has 2 amide bonds. The van der Waals surface area contributed by atoms with Gasteiger partial charge in [0.15, 0.2) is 0 Å². The Morgan fingerprint density at radius 2 is 1.57 bits per heavy atom. The number of rotatable bonds is 11. The van der Waals surface area contributed by atoms with Crippen molar-refractivity contribution in [2.75, 3.05) is 45.0 Å². The van der Waals surface area contributed by atoms with Gasteiger partial charge in [-0.3, -0.25) is 19.4 Å². The molecule has 0 aromatic heterocycles. The minimum atomic E-state index is -0.240. The average molecular weight is 722 g/mol. The number of carbonyl (C=O) groups excluding carboxylic acids is 2. The molecule has 242 valence electrons. The Morgan fingerprint density at radius 3 is 2.23 bits per heavy atom. The lowest BCUT2D eigenvalue weighted by Gasteiger charge is -2.35. The first kappa shape index (κ1) is 34.5. The highest BCUT2D eigenvalue weighted by Gasteiger charge is 2.27. The third-order valence-electron chi connectivity index (χ3n) is 8.63. The minimum Gasteiger partial charge on any atom is -0.399 e. The van der Waals surface area contributed by atoms with Crippen molar-refractivity contribution < 1.29 is 20.0 Å². The van der Waals surface area contributed by atoms with E-state index in [4.69, 9.17) is 16.1 Å². The highest BCUT2D eigenvalue weighted by atomic mass is 127. The maximum Gasteiger partial charge on any atom is 0.236 e. The number of nitrogens with one attached hydrogen (secondary N) is 4. The molecule has 2 heterocycles. The smallest absolute Gasteiger partial charge is 0.236 e. The molecular weight excluding hydrogens is 673 g/mol. The largest absolute Gasteiger partial charge is 0.399 e. The number of amides is 2. The van der Waals surface area contributed by atoms with Crippen molar-refractivity contribution in [1.82, 2.24) is 31.4 Å². The summed E-state index contributed by atoms with van der Waals surface area (Å²) in [5, 5.41) is 23.7. The van der Waals surface area contributed by atoms with E-state index in [9.17, 15) is 9.59 Å². The number of carbonyl (C=O) groups is 2. The number of benzene rings is 2. The predicted octanol–water partition coefficient (Wildman–Crippen LogP) is 2.51. The molecule has 2 aromatic carbocycles. The Bertz CT molecular complexity index is 1280. The summed E-state index contributed by atoms with van der Waals surface area (Å²) in [5.74, 6) is -0.154. The molecule has 3 atom stereocenters. The number of hydroxylamine groups is 2. The Morgan fingerprint density at radius 1 is 0.909 bits per heavy atom. The van der Waals surface area contributed by atoms with E-state index in [-0.39, 0.29) is 37.0 Å². The highest BCUT2D eigenvalue weighted by molar-refractivity contribution is 14.1. The second kappa shape index (κ2) is 16.8. The molecule has 0 saturated heterocycles. The topological polar surface area (TPSA) is 155 Å². The summed E-state index contributed by atoms with van der Waals surface area (Å²) in [6.45, 7) is 8.62. The summed E-state index contributed by atoms with van der Waals surface area (Å²) in [6, 6.07) is 10.7. The number of nitrogens with two attached hydrogens (primary N) is 1. The molecule has 0 spiro atoms. The molecule has 8 N–H and O–H groups in total. The van der Waals surface area contributed by atoms with Gasteiger partial charge >= 0.3 is 0 Å². The highest BCUT2D eigenvalue weighted by Crippen LogP contribution is 2.36. The normalized spacial score (nSPS) is 19.3. The van der Waals surface area contributed by atoms with Crippen molar-refractivity contribution in [3.8, 4) is 0 Å². The molecule has 11 nitrogen and oxygen atoms in total. The minimum absolute atomic E-state index is 0.0483. The van der Waals surface area contributed by atoms with Gasteiger partial charge in [0.25, 0.3) is 0 Å². The number of nitrogens with zero attached hydrogens (tertiary/aromatic N) is 2. The van der Waals surface area contributed by atoms with Gasteiger partial charge in [0.1, 0.15) is 0 Å². The fourth-order valence-electron chi connectivity index (χ4n) is 6.72. The van der Waals surface area contributed by atoms with Gasteiger partial charge in [-0.25, -0.2) is 0 Å². The molecule has 2 aliphatic rings. The maximum absolute atomic E-state index is 12.1. The quantitative estimate of drug-likeness (QED) is 0.105. The zero-order valence-corrected chi connectivity index (χ0v) is 28.0. The lowest BCUT2D eigenvalue weighted by molar-refractivity contribution is -0.123. The Labute approximate surface area is 274 Å². The molecule has 0 saturated carbocycles. The summed E-state index contributed by atoms with van der Waals surface area (Å²) in [5.41, 5.74) is 17.7. The van der Waals surface area contributed by atoms with Crippen LogP contribution in [0.25, 0.3) is 0 Å². The summed E-state index contributed by atoms with van der Waals surface area (Å²) < 4.78 is 1.31. The standard InChI is InChI=1S/C32H48IN7O4/c1-21(37-31(41)15-35-43)17-39-11-4-3-5-28-29(20-39)27(8-9-30(28)33)24-10-12-40(18-22(2)38-32(42)16-36-44)19-25-14-26(34)7-6-23(25)13-24/h6-9,14,21-22,24,35-36,43-44H,3-5,10-13,15-20,34H2,1-2H3,(H,37,41)(H,38,42)/t21-,22-,24?/m0/s1. The summed E-state index contributed by atoms with van der Waals surface area (Å²) >= 11 is 2.48. The number of hydrogen-bond acceptors (Lipinski definition) is 9. The molecule has 0 radical (unpaired) electrons. The predicted molar refractivity (Wildman–Crippen MR) is 179 cm³/mol. The van der Waals surface area contributed by atoms with E-state index >= 15 is 0 Å². The van der Waals surface area contributed by atoms with Crippen LogP contribution in [-0.4, -0.2) is 83.4 Å². The molecule has 12 heteroatoms. The monoisotopic (exact) mass is 721 g/mol. The molecule has 1 unspecified atom stereocenters. The number of fused-ring (bicyclic) bond motifs is 2. The average Bonchev–Trinajstić information content (AvgIpc) is 2.93. The number of halogens is 1. The van der Waals surface area contributed by atoms with Gasteiger partial charge in [-0.15, -0.1) is 0 Å². The number of hydrogen-bond donors (Lipinski definition) is 7. The van der Waals surface area contributed by atoms with Crippen molar-refractivity contribution in [2.45, 2.75) is 77.0 Å². The molecule has 44 heavy (non-hydrogen) atoms. The van der Waals surface area contributed by atoms with E-state index in [1.807, 2.05) is 30.9 Å². The van der Waals surface area contributed by atoms with E-state index in [2.05, 4.69) is 67.3 Å². The van der Waals surface area contributed by atoms with Crippen LogP contribution in [0.5, 0.6) is 0 Å². The van der Waals surface area contributed by atoms with Crippen molar-refractivity contribution in [3.05, 3.63) is 61.7 Å². The zero-order valence-electron chi connectivity index (χ0n) is 25.9. The van der Waals surface area contributed by atoms with Crippen molar-refractivity contribution in [3.63, 3.8) is 0 Å². The maximum atomic E-state index is 12.1. The summed E-state index contributed by atoms with van der Waals surface area (Å²) in [7, 11) is 0. The molecular formula is C32H48IN7O4. The molecule has 2 aromatic rings. The first-order chi connectivity index (χ1) is 21.2. The van der Waals surface area contributed by atoms with Gasteiger partial charge in [-0.1, -0.05) is 12.1 Å². The third kappa shape index (κ3) is 9.83. The van der Waals surface area contributed by atoms with Gasteiger partial charge in [-0.05, 0) is 134 Å². The van der Waals surface area contributed by atoms with Gasteiger partial charge in [0.2, 0.25) is 11.8 Å². The molecule has 0 aliphatic carbocycles. The lowest BCUT2D eigenvalue weighted by Crippen LogP contribution is -2.45. The summed E-state index contributed by atoms with van der Waals surface area (Å²) in [4.78, 5) is 29.0. The second-order valence-corrected chi connectivity index (χ2v) is 13.5. The van der Waals surface area contributed by atoms with Crippen molar-refractivity contribution in [2.24, 2.45) is 0 Å². The third-order valence-corrected chi connectivity index (χ3v) is 9.64. The fraction of sp³-hybridized carbons (Fsp3) is 0.562. The van der Waals surface area contributed by atoms with Crippen LogP contribution >= 0.6 is 22.6 Å². The van der Waals surface area contributed by atoms with E-state index in [0.29, 0.717) is 12.5 Å². The molecule has 4 rings (SSSR count).